The minimum Gasteiger partial charge on any atom is -0.481 e. The SMILES string of the molecule is O=C(NC1CC(C(=O)O)C1)c1ccc(S(=O)(=O)C2CCCC2)cc1. The Labute approximate surface area is 141 Å². The molecule has 0 heterocycles. The van der Waals surface area contributed by atoms with Crippen molar-refractivity contribution < 1.29 is 23.1 Å². The molecule has 1 amide bonds. The van der Waals surface area contributed by atoms with Gasteiger partial charge in [0.05, 0.1) is 16.1 Å². The van der Waals surface area contributed by atoms with Crippen molar-refractivity contribution in [2.75, 3.05) is 0 Å². The predicted octanol–water partition coefficient (Wildman–Crippen LogP) is 2.00. The van der Waals surface area contributed by atoms with Crippen LogP contribution >= 0.6 is 0 Å². The summed E-state index contributed by atoms with van der Waals surface area (Å²) in [5.41, 5.74) is 0.388. The van der Waals surface area contributed by atoms with Crippen molar-refractivity contribution in [3.63, 3.8) is 0 Å². The Morgan fingerprint density at radius 2 is 1.62 bits per heavy atom. The Bertz CT molecular complexity index is 729. The van der Waals surface area contributed by atoms with Crippen LogP contribution in [0.1, 0.15) is 48.9 Å². The number of aliphatic carboxylic acids is 1. The first kappa shape index (κ1) is 17.0. The molecule has 0 radical (unpaired) electrons. The van der Waals surface area contributed by atoms with Crippen LogP contribution in [0, 0.1) is 5.92 Å². The molecule has 0 aromatic heterocycles. The van der Waals surface area contributed by atoms with E-state index in [1.807, 2.05) is 0 Å². The van der Waals surface area contributed by atoms with Crippen LogP contribution in [0.4, 0.5) is 0 Å². The van der Waals surface area contributed by atoms with Crippen molar-refractivity contribution in [1.82, 2.24) is 5.32 Å². The van der Waals surface area contributed by atoms with Gasteiger partial charge in [-0.3, -0.25) is 9.59 Å². The van der Waals surface area contributed by atoms with Crippen molar-refractivity contribution in [2.45, 2.75) is 54.7 Å². The maximum absolute atomic E-state index is 12.5. The van der Waals surface area contributed by atoms with E-state index in [0.717, 1.165) is 12.8 Å². The number of carbonyl (C=O) groups is 2. The quantitative estimate of drug-likeness (QED) is 0.845. The van der Waals surface area contributed by atoms with Gasteiger partial charge in [-0.2, -0.15) is 0 Å². The summed E-state index contributed by atoms with van der Waals surface area (Å²) in [5, 5.41) is 11.3. The number of carboxylic acid groups (broad SMARTS) is 1. The fraction of sp³-hybridized carbons (Fsp3) is 0.529. The van der Waals surface area contributed by atoms with E-state index in [1.54, 1.807) is 0 Å². The van der Waals surface area contributed by atoms with Gasteiger partial charge in [0, 0.05) is 11.6 Å². The second-order valence-corrected chi connectivity index (χ2v) is 8.88. The fourth-order valence-corrected chi connectivity index (χ4v) is 5.25. The molecule has 2 N–H and O–H groups in total. The minimum atomic E-state index is -3.31. The molecule has 1 aromatic rings. The van der Waals surface area contributed by atoms with E-state index < -0.39 is 15.8 Å². The number of benzene rings is 1. The van der Waals surface area contributed by atoms with Gasteiger partial charge in [-0.25, -0.2) is 8.42 Å². The molecule has 0 unspecified atom stereocenters. The minimum absolute atomic E-state index is 0.125. The Hall–Kier alpha value is -1.89. The molecule has 7 heteroatoms. The molecule has 6 nitrogen and oxygen atoms in total. The molecular formula is C17H21NO5S. The molecule has 0 bridgehead atoms. The summed E-state index contributed by atoms with van der Waals surface area (Å²) in [6.45, 7) is 0. The van der Waals surface area contributed by atoms with Crippen LogP contribution in [0.15, 0.2) is 29.2 Å². The zero-order chi connectivity index (χ0) is 17.3. The van der Waals surface area contributed by atoms with Gasteiger partial charge in [-0.1, -0.05) is 12.8 Å². The lowest BCUT2D eigenvalue weighted by Gasteiger charge is -2.32. The summed E-state index contributed by atoms with van der Waals surface area (Å²) in [6.07, 6.45) is 4.19. The standard InChI is InChI=1S/C17H21NO5S/c19-16(18-13-9-12(10-13)17(20)21)11-5-7-15(8-6-11)24(22,23)14-3-1-2-4-14/h5-8,12-14H,1-4,9-10H2,(H,18,19)(H,20,21). The summed E-state index contributed by atoms with van der Waals surface area (Å²) in [5.74, 6) is -1.51. The van der Waals surface area contributed by atoms with Crippen molar-refractivity contribution in [3.05, 3.63) is 29.8 Å². The first-order valence-electron chi connectivity index (χ1n) is 8.25. The summed E-state index contributed by atoms with van der Waals surface area (Å²) in [7, 11) is -3.31. The lowest BCUT2D eigenvalue weighted by molar-refractivity contribution is -0.145. The van der Waals surface area contributed by atoms with E-state index >= 15 is 0 Å². The van der Waals surface area contributed by atoms with Crippen LogP contribution in [0.3, 0.4) is 0 Å². The van der Waals surface area contributed by atoms with Crippen LogP contribution in [0.2, 0.25) is 0 Å². The zero-order valence-electron chi connectivity index (χ0n) is 13.3. The van der Waals surface area contributed by atoms with Gasteiger partial charge in [-0.05, 0) is 49.9 Å². The molecule has 24 heavy (non-hydrogen) atoms. The van der Waals surface area contributed by atoms with Crippen LogP contribution in [-0.4, -0.2) is 36.7 Å². The molecule has 3 rings (SSSR count). The normalized spacial score (nSPS) is 24.3. The smallest absolute Gasteiger partial charge is 0.306 e. The number of carboxylic acids is 1. The highest BCUT2D eigenvalue weighted by molar-refractivity contribution is 7.92. The molecular weight excluding hydrogens is 330 g/mol. The van der Waals surface area contributed by atoms with E-state index in [2.05, 4.69) is 5.32 Å². The van der Waals surface area contributed by atoms with Crippen LogP contribution in [0.5, 0.6) is 0 Å². The van der Waals surface area contributed by atoms with Gasteiger partial charge < -0.3 is 10.4 Å². The Morgan fingerprint density at radius 1 is 1.04 bits per heavy atom. The highest BCUT2D eigenvalue weighted by Crippen LogP contribution is 2.30. The largest absolute Gasteiger partial charge is 0.481 e. The van der Waals surface area contributed by atoms with E-state index in [9.17, 15) is 18.0 Å². The van der Waals surface area contributed by atoms with Gasteiger partial charge in [0.15, 0.2) is 9.84 Å². The zero-order valence-corrected chi connectivity index (χ0v) is 14.1. The second-order valence-electron chi connectivity index (χ2n) is 6.65. The first-order valence-corrected chi connectivity index (χ1v) is 9.80. The van der Waals surface area contributed by atoms with Gasteiger partial charge in [0.1, 0.15) is 0 Å². The summed E-state index contributed by atoms with van der Waals surface area (Å²) in [6, 6.07) is 5.89. The fourth-order valence-electron chi connectivity index (χ4n) is 3.39. The number of hydrogen-bond donors (Lipinski definition) is 2. The summed E-state index contributed by atoms with van der Waals surface area (Å²) in [4.78, 5) is 23.2. The van der Waals surface area contributed by atoms with Gasteiger partial charge in [-0.15, -0.1) is 0 Å². The number of nitrogens with one attached hydrogen (secondary N) is 1. The summed E-state index contributed by atoms with van der Waals surface area (Å²) < 4.78 is 25.0. The Morgan fingerprint density at radius 3 is 2.17 bits per heavy atom. The lowest BCUT2D eigenvalue weighted by Crippen LogP contribution is -2.46. The maximum Gasteiger partial charge on any atom is 0.306 e. The molecule has 1 aromatic carbocycles. The lowest BCUT2D eigenvalue weighted by atomic mass is 9.80. The number of carbonyl (C=O) groups excluding carboxylic acids is 1. The predicted molar refractivity (Wildman–Crippen MR) is 87.5 cm³/mol. The third-order valence-electron chi connectivity index (χ3n) is 5.01. The first-order chi connectivity index (χ1) is 11.4. The average Bonchev–Trinajstić information content (AvgIpc) is 3.05. The summed E-state index contributed by atoms with van der Waals surface area (Å²) >= 11 is 0. The molecule has 130 valence electrons. The number of rotatable bonds is 5. The molecule has 2 saturated carbocycles. The van der Waals surface area contributed by atoms with E-state index in [-0.39, 0.29) is 28.0 Å². The Balaban J connectivity index is 1.62. The molecule has 0 atom stereocenters. The van der Waals surface area contributed by atoms with Crippen LogP contribution < -0.4 is 5.32 Å². The van der Waals surface area contributed by atoms with E-state index in [1.165, 1.54) is 24.3 Å². The van der Waals surface area contributed by atoms with Gasteiger partial charge in [0.2, 0.25) is 0 Å². The molecule has 2 fully saturated rings. The average molecular weight is 351 g/mol. The Kier molecular flexibility index (Phi) is 4.62. The van der Waals surface area contributed by atoms with Gasteiger partial charge >= 0.3 is 5.97 Å². The third-order valence-corrected chi connectivity index (χ3v) is 7.29. The third kappa shape index (κ3) is 3.31. The second kappa shape index (κ2) is 6.55. The van der Waals surface area contributed by atoms with E-state index in [4.69, 9.17) is 5.11 Å². The number of amides is 1. The van der Waals surface area contributed by atoms with Gasteiger partial charge in [0.25, 0.3) is 5.91 Å². The number of hydrogen-bond acceptors (Lipinski definition) is 4. The van der Waals surface area contributed by atoms with Crippen molar-refractivity contribution in [3.8, 4) is 0 Å². The number of sulfone groups is 1. The molecule has 2 aliphatic rings. The van der Waals surface area contributed by atoms with Crippen molar-refractivity contribution in [2.24, 2.45) is 5.92 Å². The molecule has 0 saturated heterocycles. The highest BCUT2D eigenvalue weighted by atomic mass is 32.2. The van der Waals surface area contributed by atoms with Crippen LogP contribution in [0.25, 0.3) is 0 Å². The maximum atomic E-state index is 12.5. The molecule has 2 aliphatic carbocycles. The highest BCUT2D eigenvalue weighted by Gasteiger charge is 2.35. The monoisotopic (exact) mass is 351 g/mol. The van der Waals surface area contributed by atoms with E-state index in [0.29, 0.717) is 31.2 Å². The molecule has 0 aliphatic heterocycles. The van der Waals surface area contributed by atoms with Crippen molar-refractivity contribution in [1.29, 1.82) is 0 Å². The van der Waals surface area contributed by atoms with Crippen LogP contribution in [-0.2, 0) is 14.6 Å². The topological polar surface area (TPSA) is 101 Å². The molecule has 0 spiro atoms. The van der Waals surface area contributed by atoms with Crippen molar-refractivity contribution >= 4 is 21.7 Å².